The Morgan fingerprint density at radius 2 is 2.29 bits per heavy atom. The van der Waals surface area contributed by atoms with E-state index < -0.39 is 0 Å². The second-order valence-corrected chi connectivity index (χ2v) is 3.21. The predicted octanol–water partition coefficient (Wildman–Crippen LogP) is 1.49. The highest BCUT2D eigenvalue weighted by atomic mass is 16.5. The van der Waals surface area contributed by atoms with Gasteiger partial charge in [0.25, 0.3) is 0 Å². The molecule has 0 aromatic rings. The largest absolute Gasteiger partial charge is 0.462 e. The number of carbonyl (C=O) groups is 1. The van der Waals surface area contributed by atoms with Gasteiger partial charge in [-0.3, -0.25) is 0 Å². The van der Waals surface area contributed by atoms with Crippen molar-refractivity contribution in [1.82, 2.24) is 4.90 Å². The minimum absolute atomic E-state index is 0.259. The average Bonchev–Trinajstić information content (AvgIpc) is 2.51. The van der Waals surface area contributed by atoms with E-state index in [4.69, 9.17) is 4.74 Å². The molecule has 1 aliphatic carbocycles. The summed E-state index contributed by atoms with van der Waals surface area (Å²) < 4.78 is 4.93. The molecule has 0 aliphatic heterocycles. The molecule has 0 saturated heterocycles. The van der Waals surface area contributed by atoms with Crippen LogP contribution in [-0.2, 0) is 9.53 Å². The standard InChI is InChI=1S/C11H15NO2/c1-4-14-11(13)10-7-5-6-9(10)8-12(2)3/h5-8H,4H2,1-3H3/b9-8+. The molecule has 0 heterocycles. The number of carbonyl (C=O) groups excluding carboxylic acids is 1. The summed E-state index contributed by atoms with van der Waals surface area (Å²) in [6.45, 7) is 2.21. The molecule has 14 heavy (non-hydrogen) atoms. The van der Waals surface area contributed by atoms with Gasteiger partial charge in [0.2, 0.25) is 0 Å². The van der Waals surface area contributed by atoms with Gasteiger partial charge in [-0.2, -0.15) is 0 Å². The van der Waals surface area contributed by atoms with Gasteiger partial charge in [0, 0.05) is 25.9 Å². The Balaban J connectivity index is 2.77. The highest BCUT2D eigenvalue weighted by Gasteiger charge is 2.16. The van der Waals surface area contributed by atoms with Crippen molar-refractivity contribution in [2.24, 2.45) is 0 Å². The zero-order valence-corrected chi connectivity index (χ0v) is 8.78. The van der Waals surface area contributed by atoms with Crippen LogP contribution in [0.2, 0.25) is 0 Å². The van der Waals surface area contributed by atoms with Gasteiger partial charge in [-0.05, 0) is 13.0 Å². The lowest BCUT2D eigenvalue weighted by Gasteiger charge is -2.09. The van der Waals surface area contributed by atoms with Crippen LogP contribution in [0.5, 0.6) is 0 Å². The molecule has 0 N–H and O–H groups in total. The number of nitrogens with zero attached hydrogens (tertiary/aromatic N) is 1. The molecule has 76 valence electrons. The predicted molar refractivity (Wildman–Crippen MR) is 55.6 cm³/mol. The second kappa shape index (κ2) is 4.65. The summed E-state index contributed by atoms with van der Waals surface area (Å²) in [4.78, 5) is 13.3. The van der Waals surface area contributed by atoms with Crippen molar-refractivity contribution in [3.63, 3.8) is 0 Å². The average molecular weight is 193 g/mol. The molecule has 0 atom stereocenters. The Hall–Kier alpha value is -1.51. The minimum atomic E-state index is -0.259. The van der Waals surface area contributed by atoms with Crippen LogP contribution in [0, 0.1) is 0 Å². The zero-order chi connectivity index (χ0) is 10.6. The van der Waals surface area contributed by atoms with Crippen LogP contribution < -0.4 is 0 Å². The molecule has 0 saturated carbocycles. The summed E-state index contributed by atoms with van der Waals surface area (Å²) in [5.41, 5.74) is 1.52. The van der Waals surface area contributed by atoms with E-state index in [-0.39, 0.29) is 5.97 Å². The first kappa shape index (κ1) is 10.6. The maximum atomic E-state index is 11.4. The highest BCUT2D eigenvalue weighted by Crippen LogP contribution is 2.19. The molecule has 0 bridgehead atoms. The third-order valence-electron chi connectivity index (χ3n) is 1.74. The molecule has 0 radical (unpaired) electrons. The summed E-state index contributed by atoms with van der Waals surface area (Å²) in [6, 6.07) is 0. The molecule has 0 amide bonds. The molecule has 0 aromatic carbocycles. The fourth-order valence-corrected chi connectivity index (χ4v) is 1.22. The van der Waals surface area contributed by atoms with E-state index in [0.717, 1.165) is 5.57 Å². The summed E-state index contributed by atoms with van der Waals surface area (Å²) in [5.74, 6) is -0.259. The molecular weight excluding hydrogens is 178 g/mol. The molecule has 1 aliphatic rings. The summed E-state index contributed by atoms with van der Waals surface area (Å²) in [6.07, 6.45) is 7.41. The lowest BCUT2D eigenvalue weighted by atomic mass is 10.1. The second-order valence-electron chi connectivity index (χ2n) is 3.21. The van der Waals surface area contributed by atoms with Gasteiger partial charge in [0.15, 0.2) is 0 Å². The van der Waals surface area contributed by atoms with E-state index >= 15 is 0 Å². The molecule has 0 spiro atoms. The van der Waals surface area contributed by atoms with E-state index in [2.05, 4.69) is 0 Å². The van der Waals surface area contributed by atoms with E-state index in [1.54, 1.807) is 13.0 Å². The number of allylic oxidation sites excluding steroid dienone is 3. The number of rotatable bonds is 3. The molecule has 1 rings (SSSR count). The zero-order valence-electron chi connectivity index (χ0n) is 8.78. The Morgan fingerprint density at radius 1 is 1.57 bits per heavy atom. The number of esters is 1. The Bertz CT molecular complexity index is 311. The number of hydrogen-bond acceptors (Lipinski definition) is 3. The van der Waals surface area contributed by atoms with Crippen LogP contribution in [-0.4, -0.2) is 31.6 Å². The van der Waals surface area contributed by atoms with E-state index in [1.807, 2.05) is 37.3 Å². The fourth-order valence-electron chi connectivity index (χ4n) is 1.22. The van der Waals surface area contributed by atoms with E-state index in [1.165, 1.54) is 0 Å². The number of ether oxygens (including phenoxy) is 1. The van der Waals surface area contributed by atoms with Crippen LogP contribution in [0.1, 0.15) is 6.92 Å². The third-order valence-corrected chi connectivity index (χ3v) is 1.74. The quantitative estimate of drug-likeness (QED) is 0.636. The first-order chi connectivity index (χ1) is 6.65. The lowest BCUT2D eigenvalue weighted by molar-refractivity contribution is -0.138. The smallest absolute Gasteiger partial charge is 0.338 e. The molecular formula is C11H15NO2. The van der Waals surface area contributed by atoms with Crippen molar-refractivity contribution in [2.45, 2.75) is 6.92 Å². The van der Waals surface area contributed by atoms with Crippen molar-refractivity contribution in [2.75, 3.05) is 20.7 Å². The number of hydrogen-bond donors (Lipinski definition) is 0. The van der Waals surface area contributed by atoms with Crippen molar-refractivity contribution < 1.29 is 9.53 Å². The summed E-state index contributed by atoms with van der Waals surface area (Å²) in [5, 5.41) is 0. The van der Waals surface area contributed by atoms with E-state index in [9.17, 15) is 4.79 Å². The fraction of sp³-hybridized carbons (Fsp3) is 0.364. The van der Waals surface area contributed by atoms with Crippen molar-refractivity contribution in [3.8, 4) is 0 Å². The van der Waals surface area contributed by atoms with Gasteiger partial charge >= 0.3 is 5.97 Å². The van der Waals surface area contributed by atoms with Crippen LogP contribution in [0.4, 0.5) is 0 Å². The topological polar surface area (TPSA) is 29.5 Å². The van der Waals surface area contributed by atoms with Crippen LogP contribution in [0.25, 0.3) is 0 Å². The van der Waals surface area contributed by atoms with Gasteiger partial charge in [-0.1, -0.05) is 12.2 Å². The Morgan fingerprint density at radius 3 is 2.86 bits per heavy atom. The monoisotopic (exact) mass is 193 g/mol. The summed E-state index contributed by atoms with van der Waals surface area (Å²) >= 11 is 0. The highest BCUT2D eigenvalue weighted by molar-refractivity contribution is 5.96. The van der Waals surface area contributed by atoms with Crippen LogP contribution in [0.15, 0.2) is 35.6 Å². The molecule has 3 nitrogen and oxygen atoms in total. The SMILES string of the molecule is CCOC(=O)C1=CC=C/C1=C\N(C)C. The molecule has 3 heteroatoms. The van der Waals surface area contributed by atoms with Gasteiger partial charge in [0.05, 0.1) is 12.2 Å². The maximum absolute atomic E-state index is 11.4. The van der Waals surface area contributed by atoms with Crippen molar-refractivity contribution in [3.05, 3.63) is 35.6 Å². The normalized spacial score (nSPS) is 17.1. The van der Waals surface area contributed by atoms with Crippen molar-refractivity contribution >= 4 is 5.97 Å². The van der Waals surface area contributed by atoms with Gasteiger partial charge in [-0.15, -0.1) is 0 Å². The maximum Gasteiger partial charge on any atom is 0.338 e. The van der Waals surface area contributed by atoms with Gasteiger partial charge < -0.3 is 9.64 Å². The van der Waals surface area contributed by atoms with Crippen molar-refractivity contribution in [1.29, 1.82) is 0 Å². The lowest BCUT2D eigenvalue weighted by Crippen LogP contribution is -2.10. The van der Waals surface area contributed by atoms with Gasteiger partial charge in [-0.25, -0.2) is 4.79 Å². The third kappa shape index (κ3) is 2.49. The minimum Gasteiger partial charge on any atom is -0.462 e. The molecule has 0 unspecified atom stereocenters. The molecule has 0 aromatic heterocycles. The van der Waals surface area contributed by atoms with Crippen LogP contribution >= 0.6 is 0 Å². The first-order valence-corrected chi connectivity index (χ1v) is 4.59. The first-order valence-electron chi connectivity index (χ1n) is 4.59. The Labute approximate surface area is 84.3 Å². The Kier molecular flexibility index (Phi) is 3.51. The van der Waals surface area contributed by atoms with Crippen LogP contribution in [0.3, 0.4) is 0 Å². The van der Waals surface area contributed by atoms with Gasteiger partial charge in [0.1, 0.15) is 0 Å². The summed E-state index contributed by atoms with van der Waals surface area (Å²) in [7, 11) is 3.84. The van der Waals surface area contributed by atoms with E-state index in [0.29, 0.717) is 12.2 Å². The molecule has 0 fully saturated rings.